The van der Waals surface area contributed by atoms with Gasteiger partial charge in [0.1, 0.15) is 12.4 Å². The molecule has 3 heteroatoms. The Morgan fingerprint density at radius 2 is 2.05 bits per heavy atom. The van der Waals surface area contributed by atoms with Crippen molar-refractivity contribution in [3.8, 4) is 5.75 Å². The molecule has 2 N–H and O–H groups in total. The first kappa shape index (κ1) is 16.0. The third-order valence-electron chi connectivity index (χ3n) is 3.55. The smallest absolute Gasteiger partial charge is 0.123 e. The highest BCUT2D eigenvalue weighted by atomic mass is 16.5. The van der Waals surface area contributed by atoms with E-state index in [0.717, 1.165) is 24.4 Å². The summed E-state index contributed by atoms with van der Waals surface area (Å²) in [7, 11) is 0. The highest BCUT2D eigenvalue weighted by Gasteiger charge is 2.26. The average Bonchev–Trinajstić information content (AvgIpc) is 2.35. The van der Waals surface area contributed by atoms with Crippen LogP contribution in [0.25, 0.3) is 0 Å². The Labute approximate surface area is 117 Å². The molecule has 0 aliphatic carbocycles. The lowest BCUT2D eigenvalue weighted by atomic mass is 9.94. The molecule has 0 radical (unpaired) electrons. The average molecular weight is 265 g/mol. The molecule has 0 heterocycles. The van der Waals surface area contributed by atoms with Crippen LogP contribution in [0.1, 0.15) is 38.8 Å². The summed E-state index contributed by atoms with van der Waals surface area (Å²) in [6, 6.07) is 6.15. The van der Waals surface area contributed by atoms with E-state index >= 15 is 0 Å². The van der Waals surface area contributed by atoms with E-state index < -0.39 is 5.60 Å². The number of ether oxygens (including phenoxy) is 1. The molecule has 0 aliphatic heterocycles. The van der Waals surface area contributed by atoms with Crippen molar-refractivity contribution in [1.82, 2.24) is 5.32 Å². The summed E-state index contributed by atoms with van der Waals surface area (Å²) in [5.74, 6) is 1.02. The maximum atomic E-state index is 10.2. The third-order valence-corrected chi connectivity index (χ3v) is 3.55. The largest absolute Gasteiger partial charge is 0.490 e. The van der Waals surface area contributed by atoms with Gasteiger partial charge in [0.25, 0.3) is 0 Å². The Bertz CT molecular complexity index is 400. The van der Waals surface area contributed by atoms with Crippen molar-refractivity contribution in [3.63, 3.8) is 0 Å². The van der Waals surface area contributed by atoms with Gasteiger partial charge in [-0.3, -0.25) is 0 Å². The summed E-state index contributed by atoms with van der Waals surface area (Å²) in [6.07, 6.45) is 0. The van der Waals surface area contributed by atoms with E-state index in [9.17, 15) is 5.11 Å². The van der Waals surface area contributed by atoms with Crippen molar-refractivity contribution in [1.29, 1.82) is 0 Å². The minimum atomic E-state index is -0.805. The molecule has 1 aromatic rings. The Hall–Kier alpha value is -1.06. The third kappa shape index (κ3) is 4.84. The van der Waals surface area contributed by atoms with Crippen molar-refractivity contribution in [2.75, 3.05) is 13.2 Å². The van der Waals surface area contributed by atoms with Gasteiger partial charge in [0, 0.05) is 12.1 Å². The van der Waals surface area contributed by atoms with Crippen LogP contribution >= 0.6 is 0 Å². The molecule has 0 fully saturated rings. The molecule has 0 aromatic heterocycles. The lowest BCUT2D eigenvalue weighted by Crippen LogP contribution is -2.38. The predicted molar refractivity (Wildman–Crippen MR) is 79.5 cm³/mol. The van der Waals surface area contributed by atoms with Crippen LogP contribution < -0.4 is 10.1 Å². The fourth-order valence-corrected chi connectivity index (χ4v) is 1.64. The predicted octanol–water partition coefficient (Wildman–Crippen LogP) is 2.89. The van der Waals surface area contributed by atoms with Crippen molar-refractivity contribution in [2.45, 2.75) is 46.8 Å². The molecule has 0 spiro atoms. The number of aryl methyl sites for hydroxylation is 1. The first-order valence-electron chi connectivity index (χ1n) is 7.02. The van der Waals surface area contributed by atoms with E-state index in [-0.39, 0.29) is 5.92 Å². The van der Waals surface area contributed by atoms with Gasteiger partial charge in [0.2, 0.25) is 0 Å². The second-order valence-electron chi connectivity index (χ2n) is 5.69. The van der Waals surface area contributed by atoms with Gasteiger partial charge in [-0.1, -0.05) is 38.5 Å². The van der Waals surface area contributed by atoms with Crippen LogP contribution in [-0.4, -0.2) is 23.9 Å². The zero-order valence-corrected chi connectivity index (χ0v) is 12.8. The van der Waals surface area contributed by atoms with E-state index in [0.29, 0.717) is 6.61 Å². The first-order valence-corrected chi connectivity index (χ1v) is 7.02. The molecule has 0 saturated heterocycles. The second kappa shape index (κ2) is 6.92. The highest BCUT2D eigenvalue weighted by molar-refractivity contribution is 5.36. The number of benzene rings is 1. The molecule has 0 amide bonds. The Balaban J connectivity index is 2.77. The molecule has 0 aliphatic rings. The summed E-state index contributed by atoms with van der Waals surface area (Å²) in [6.45, 7) is 12.0. The zero-order valence-electron chi connectivity index (χ0n) is 12.8. The van der Waals surface area contributed by atoms with E-state index in [1.807, 2.05) is 32.9 Å². The zero-order chi connectivity index (χ0) is 14.5. The highest BCUT2D eigenvalue weighted by Crippen LogP contribution is 2.23. The molecule has 1 atom stereocenters. The quantitative estimate of drug-likeness (QED) is 0.796. The molecule has 108 valence electrons. The summed E-state index contributed by atoms with van der Waals surface area (Å²) in [5, 5.41) is 13.5. The van der Waals surface area contributed by atoms with Crippen LogP contribution in [0.2, 0.25) is 0 Å². The Morgan fingerprint density at radius 3 is 2.63 bits per heavy atom. The van der Waals surface area contributed by atoms with Gasteiger partial charge in [-0.15, -0.1) is 0 Å². The molecule has 1 rings (SSSR count). The van der Waals surface area contributed by atoms with Gasteiger partial charge in [0.15, 0.2) is 0 Å². The lowest BCUT2D eigenvalue weighted by molar-refractivity contribution is -0.0268. The molecule has 3 nitrogen and oxygen atoms in total. The minimum Gasteiger partial charge on any atom is -0.490 e. The van der Waals surface area contributed by atoms with E-state index in [1.54, 1.807) is 0 Å². The maximum absolute atomic E-state index is 10.2. The summed E-state index contributed by atoms with van der Waals surface area (Å²) >= 11 is 0. The van der Waals surface area contributed by atoms with Crippen LogP contribution in [0.3, 0.4) is 0 Å². The molecule has 19 heavy (non-hydrogen) atoms. The van der Waals surface area contributed by atoms with Crippen molar-refractivity contribution >= 4 is 0 Å². The summed E-state index contributed by atoms with van der Waals surface area (Å²) in [5.41, 5.74) is 1.55. The van der Waals surface area contributed by atoms with E-state index in [1.165, 1.54) is 5.56 Å². The number of rotatable bonds is 7. The Morgan fingerprint density at radius 1 is 1.37 bits per heavy atom. The van der Waals surface area contributed by atoms with Gasteiger partial charge in [-0.2, -0.15) is 0 Å². The normalized spacial score (nSPS) is 14.5. The Kier molecular flexibility index (Phi) is 5.83. The van der Waals surface area contributed by atoms with E-state index in [2.05, 4.69) is 25.2 Å². The molecule has 1 aromatic carbocycles. The number of aliphatic hydroxyl groups is 1. The minimum absolute atomic E-state index is 0.162. The summed E-state index contributed by atoms with van der Waals surface area (Å²) in [4.78, 5) is 0. The van der Waals surface area contributed by atoms with Crippen molar-refractivity contribution in [3.05, 3.63) is 29.3 Å². The van der Waals surface area contributed by atoms with Gasteiger partial charge in [-0.05, 0) is 32.4 Å². The van der Waals surface area contributed by atoms with Gasteiger partial charge in [0.05, 0.1) is 5.60 Å². The van der Waals surface area contributed by atoms with Gasteiger partial charge in [-0.25, -0.2) is 0 Å². The second-order valence-corrected chi connectivity index (χ2v) is 5.69. The van der Waals surface area contributed by atoms with Crippen LogP contribution in [0.5, 0.6) is 5.75 Å². The molecule has 1 unspecified atom stereocenters. The fraction of sp³-hybridized carbons (Fsp3) is 0.625. The monoisotopic (exact) mass is 265 g/mol. The number of hydrogen-bond donors (Lipinski definition) is 2. The van der Waals surface area contributed by atoms with Crippen LogP contribution in [0.4, 0.5) is 0 Å². The van der Waals surface area contributed by atoms with Crippen molar-refractivity contribution in [2.24, 2.45) is 5.92 Å². The SMILES string of the molecule is CCNCc1cc(C)ccc1OCC(C)(O)C(C)C. The van der Waals surface area contributed by atoms with Gasteiger partial charge < -0.3 is 15.2 Å². The lowest BCUT2D eigenvalue weighted by Gasteiger charge is -2.28. The van der Waals surface area contributed by atoms with Crippen molar-refractivity contribution < 1.29 is 9.84 Å². The van der Waals surface area contributed by atoms with Crippen LogP contribution in [-0.2, 0) is 6.54 Å². The molecular weight excluding hydrogens is 238 g/mol. The number of hydrogen-bond acceptors (Lipinski definition) is 3. The molecular formula is C16H27NO2. The standard InChI is InChI=1S/C16H27NO2/c1-6-17-10-14-9-13(4)7-8-15(14)19-11-16(5,18)12(2)3/h7-9,12,17-18H,6,10-11H2,1-5H3. The molecule has 0 bridgehead atoms. The summed E-state index contributed by atoms with van der Waals surface area (Å²) < 4.78 is 5.83. The number of nitrogens with one attached hydrogen (secondary N) is 1. The molecule has 0 saturated carbocycles. The maximum Gasteiger partial charge on any atom is 0.123 e. The van der Waals surface area contributed by atoms with Crippen LogP contribution in [0, 0.1) is 12.8 Å². The van der Waals surface area contributed by atoms with Gasteiger partial charge >= 0.3 is 0 Å². The first-order chi connectivity index (χ1) is 8.86. The van der Waals surface area contributed by atoms with Crippen LogP contribution in [0.15, 0.2) is 18.2 Å². The fourth-order valence-electron chi connectivity index (χ4n) is 1.64. The van der Waals surface area contributed by atoms with E-state index in [4.69, 9.17) is 4.74 Å². The topological polar surface area (TPSA) is 41.5 Å².